The molecule has 0 aliphatic carbocycles. The van der Waals surface area contributed by atoms with Crippen molar-refractivity contribution in [1.82, 2.24) is 5.32 Å². The molecule has 8 heavy (non-hydrogen) atoms. The number of rotatable bonds is 0. The van der Waals surface area contributed by atoms with Crippen molar-refractivity contribution in [3.05, 3.63) is 17.8 Å². The van der Waals surface area contributed by atoms with E-state index in [-0.39, 0.29) is 0 Å². The fourth-order valence-electron chi connectivity index (χ4n) is 0.825. The van der Waals surface area contributed by atoms with Crippen LogP contribution < -0.4 is 5.32 Å². The summed E-state index contributed by atoms with van der Waals surface area (Å²) < 4.78 is 0. The molecular weight excluding hydrogens is 98.1 g/mol. The molecule has 0 aromatic heterocycles. The van der Waals surface area contributed by atoms with E-state index in [0.717, 1.165) is 0 Å². The SMILES string of the molecule is CC1=C(C)N[CH]CC1. The van der Waals surface area contributed by atoms with E-state index in [1.807, 2.05) is 0 Å². The first-order chi connectivity index (χ1) is 3.80. The first-order valence-electron chi connectivity index (χ1n) is 3.05. The van der Waals surface area contributed by atoms with Crippen molar-refractivity contribution >= 4 is 0 Å². The second-order valence-corrected chi connectivity index (χ2v) is 2.29. The summed E-state index contributed by atoms with van der Waals surface area (Å²) in [6.07, 6.45) is 2.42. The average molecular weight is 110 g/mol. The molecule has 1 aliphatic rings. The highest BCUT2D eigenvalue weighted by Gasteiger charge is 2.01. The Bertz CT molecular complexity index is 99.6. The summed E-state index contributed by atoms with van der Waals surface area (Å²) in [4.78, 5) is 0. The fraction of sp³-hybridized carbons (Fsp3) is 0.571. The molecule has 0 atom stereocenters. The number of hydrogen-bond donors (Lipinski definition) is 1. The molecule has 0 unspecified atom stereocenters. The lowest BCUT2D eigenvalue weighted by Crippen LogP contribution is -2.13. The monoisotopic (exact) mass is 110 g/mol. The minimum atomic E-state index is 1.18. The highest BCUT2D eigenvalue weighted by atomic mass is 14.9. The summed E-state index contributed by atoms with van der Waals surface area (Å²) in [6, 6.07) is 0. The number of nitrogens with one attached hydrogen (secondary N) is 1. The molecule has 1 aliphatic heterocycles. The van der Waals surface area contributed by atoms with Crippen molar-refractivity contribution in [2.75, 3.05) is 0 Å². The van der Waals surface area contributed by atoms with Crippen LogP contribution in [0.1, 0.15) is 26.7 Å². The third-order valence-corrected chi connectivity index (χ3v) is 1.62. The Morgan fingerprint density at radius 2 is 2.25 bits per heavy atom. The van der Waals surface area contributed by atoms with E-state index < -0.39 is 0 Å². The van der Waals surface area contributed by atoms with Gasteiger partial charge in [0.25, 0.3) is 0 Å². The number of hydrogen-bond acceptors (Lipinski definition) is 1. The van der Waals surface area contributed by atoms with Gasteiger partial charge in [-0.2, -0.15) is 0 Å². The van der Waals surface area contributed by atoms with E-state index >= 15 is 0 Å². The Morgan fingerprint density at radius 3 is 2.62 bits per heavy atom. The van der Waals surface area contributed by atoms with Crippen LogP contribution in [0.3, 0.4) is 0 Å². The van der Waals surface area contributed by atoms with Gasteiger partial charge in [-0.1, -0.05) is 5.57 Å². The van der Waals surface area contributed by atoms with Crippen LogP contribution in [0.15, 0.2) is 11.3 Å². The van der Waals surface area contributed by atoms with Crippen molar-refractivity contribution in [2.45, 2.75) is 26.7 Å². The molecule has 0 fully saturated rings. The van der Waals surface area contributed by atoms with Gasteiger partial charge in [-0.15, -0.1) is 0 Å². The quantitative estimate of drug-likeness (QED) is 0.501. The molecule has 1 heteroatoms. The van der Waals surface area contributed by atoms with E-state index in [0.29, 0.717) is 0 Å². The maximum Gasteiger partial charge on any atom is 0.0462 e. The van der Waals surface area contributed by atoms with Crippen LogP contribution in [0.4, 0.5) is 0 Å². The largest absolute Gasteiger partial charge is 0.384 e. The van der Waals surface area contributed by atoms with Crippen molar-refractivity contribution in [2.24, 2.45) is 0 Å². The normalized spacial score (nSPS) is 20.8. The van der Waals surface area contributed by atoms with Crippen LogP contribution in [-0.4, -0.2) is 0 Å². The lowest BCUT2D eigenvalue weighted by molar-refractivity contribution is 0.745. The van der Waals surface area contributed by atoms with Gasteiger partial charge in [0.05, 0.1) is 0 Å². The highest BCUT2D eigenvalue weighted by Crippen LogP contribution is 2.13. The van der Waals surface area contributed by atoms with Gasteiger partial charge >= 0.3 is 0 Å². The topological polar surface area (TPSA) is 12.0 Å². The Hall–Kier alpha value is -0.460. The zero-order valence-electron chi connectivity index (χ0n) is 5.49. The highest BCUT2D eigenvalue weighted by molar-refractivity contribution is 5.12. The molecule has 0 aromatic rings. The zero-order valence-corrected chi connectivity index (χ0v) is 5.49. The maximum atomic E-state index is 3.19. The Kier molecular flexibility index (Phi) is 1.56. The Balaban J connectivity index is 2.60. The van der Waals surface area contributed by atoms with Gasteiger partial charge < -0.3 is 5.32 Å². The third-order valence-electron chi connectivity index (χ3n) is 1.62. The van der Waals surface area contributed by atoms with Gasteiger partial charge in [-0.25, -0.2) is 0 Å². The molecule has 1 radical (unpaired) electrons. The first-order valence-corrected chi connectivity index (χ1v) is 3.05. The van der Waals surface area contributed by atoms with Gasteiger partial charge in [-0.05, 0) is 26.7 Å². The molecular formula is C7H12N. The first kappa shape index (κ1) is 5.67. The van der Waals surface area contributed by atoms with Crippen LogP contribution in [0.5, 0.6) is 0 Å². The lowest BCUT2D eigenvalue weighted by atomic mass is 10.1. The summed E-state index contributed by atoms with van der Waals surface area (Å²) in [5.74, 6) is 0. The number of allylic oxidation sites excluding steroid dienone is 2. The van der Waals surface area contributed by atoms with Crippen molar-refractivity contribution < 1.29 is 0 Å². The molecule has 0 saturated carbocycles. The molecule has 0 bridgehead atoms. The van der Waals surface area contributed by atoms with Crippen LogP contribution >= 0.6 is 0 Å². The van der Waals surface area contributed by atoms with Gasteiger partial charge in [0.1, 0.15) is 0 Å². The Morgan fingerprint density at radius 1 is 1.50 bits per heavy atom. The molecule has 0 spiro atoms. The van der Waals surface area contributed by atoms with E-state index in [4.69, 9.17) is 0 Å². The molecule has 0 saturated heterocycles. The third kappa shape index (κ3) is 1.03. The maximum absolute atomic E-state index is 3.19. The van der Waals surface area contributed by atoms with Crippen LogP contribution in [0.25, 0.3) is 0 Å². The molecule has 1 rings (SSSR count). The smallest absolute Gasteiger partial charge is 0.0462 e. The molecule has 1 N–H and O–H groups in total. The van der Waals surface area contributed by atoms with Crippen molar-refractivity contribution in [3.63, 3.8) is 0 Å². The summed E-state index contributed by atoms with van der Waals surface area (Å²) >= 11 is 0. The molecule has 0 amide bonds. The average Bonchev–Trinajstić information content (AvgIpc) is 1.77. The van der Waals surface area contributed by atoms with Gasteiger partial charge in [-0.3, -0.25) is 0 Å². The van der Waals surface area contributed by atoms with E-state index in [9.17, 15) is 0 Å². The summed E-state index contributed by atoms with van der Waals surface area (Å²) in [5.41, 5.74) is 2.82. The summed E-state index contributed by atoms with van der Waals surface area (Å²) in [5, 5.41) is 3.19. The summed E-state index contributed by atoms with van der Waals surface area (Å²) in [7, 11) is 0. The van der Waals surface area contributed by atoms with Gasteiger partial charge in [0, 0.05) is 12.2 Å². The van der Waals surface area contributed by atoms with Crippen molar-refractivity contribution in [3.8, 4) is 0 Å². The predicted octanol–water partition coefficient (Wildman–Crippen LogP) is 1.83. The van der Waals surface area contributed by atoms with E-state index in [2.05, 4.69) is 25.7 Å². The zero-order chi connectivity index (χ0) is 5.98. The minimum absolute atomic E-state index is 1.18. The summed E-state index contributed by atoms with van der Waals surface area (Å²) in [6.45, 7) is 6.41. The van der Waals surface area contributed by atoms with E-state index in [1.54, 1.807) is 0 Å². The van der Waals surface area contributed by atoms with Crippen molar-refractivity contribution in [1.29, 1.82) is 0 Å². The van der Waals surface area contributed by atoms with Gasteiger partial charge in [0.15, 0.2) is 0 Å². The Labute approximate surface area is 50.8 Å². The molecule has 45 valence electrons. The minimum Gasteiger partial charge on any atom is -0.384 e. The molecule has 0 aromatic carbocycles. The van der Waals surface area contributed by atoms with E-state index in [1.165, 1.54) is 24.1 Å². The second-order valence-electron chi connectivity index (χ2n) is 2.29. The lowest BCUT2D eigenvalue weighted by Gasteiger charge is -2.15. The van der Waals surface area contributed by atoms with Gasteiger partial charge in [0.2, 0.25) is 0 Å². The molecule has 1 heterocycles. The standard InChI is InChI=1S/C7H12N/c1-6-4-3-5-8-7(6)2/h5,8H,3-4H2,1-2H3. The predicted molar refractivity (Wildman–Crippen MR) is 35.0 cm³/mol. The molecule has 1 nitrogen and oxygen atoms in total. The fourth-order valence-corrected chi connectivity index (χ4v) is 0.825. The van der Waals surface area contributed by atoms with Crippen LogP contribution in [0, 0.1) is 6.54 Å². The van der Waals surface area contributed by atoms with Crippen LogP contribution in [-0.2, 0) is 0 Å². The van der Waals surface area contributed by atoms with Crippen LogP contribution in [0.2, 0.25) is 0 Å². The second kappa shape index (κ2) is 2.21.